The van der Waals surface area contributed by atoms with Crippen LogP contribution in [0.1, 0.15) is 6.92 Å². The van der Waals surface area contributed by atoms with E-state index in [0.29, 0.717) is 28.0 Å². The summed E-state index contributed by atoms with van der Waals surface area (Å²) in [5.41, 5.74) is 5.10. The fourth-order valence-corrected chi connectivity index (χ4v) is 2.91. The number of halogens is 2. The van der Waals surface area contributed by atoms with Gasteiger partial charge >= 0.3 is 5.69 Å². The molecule has 8 heteroatoms. The van der Waals surface area contributed by atoms with Crippen LogP contribution in [0.25, 0.3) is 22.5 Å². The molecule has 0 radical (unpaired) electrons. The number of nitrogen functional groups attached to an aromatic ring is 1. The third-order valence-electron chi connectivity index (χ3n) is 3.75. The van der Waals surface area contributed by atoms with E-state index in [0.717, 1.165) is 0 Å². The molecule has 2 aromatic rings. The topological polar surface area (TPSA) is 85.8 Å². The molecule has 0 unspecified atom stereocenters. The van der Waals surface area contributed by atoms with Gasteiger partial charge in [-0.05, 0) is 30.2 Å². The average Bonchev–Trinajstić information content (AvgIpc) is 2.58. The van der Waals surface area contributed by atoms with Crippen LogP contribution in [0.2, 0.25) is 10.0 Å². The smallest absolute Gasteiger partial charge is 0.292 e. The summed E-state index contributed by atoms with van der Waals surface area (Å²) in [4.78, 5) is 19.7. The molecule has 0 atom stereocenters. The summed E-state index contributed by atoms with van der Waals surface area (Å²) in [6.45, 7) is 2.19. The molecule has 25 heavy (non-hydrogen) atoms. The van der Waals surface area contributed by atoms with Crippen LogP contribution >= 0.6 is 23.2 Å². The summed E-state index contributed by atoms with van der Waals surface area (Å²) in [7, 11) is 0. The Bertz CT molecular complexity index is 929. The van der Waals surface area contributed by atoms with E-state index in [2.05, 4.69) is 39.7 Å². The number of nitrogens with one attached hydrogen (secondary N) is 1. The van der Waals surface area contributed by atoms with Crippen LogP contribution in [-0.4, -0.2) is 14.5 Å². The predicted molar refractivity (Wildman–Crippen MR) is 101 cm³/mol. The van der Waals surface area contributed by atoms with E-state index in [1.807, 2.05) is 0 Å². The number of aromatic nitrogens is 3. The first-order valence-corrected chi connectivity index (χ1v) is 8.31. The van der Waals surface area contributed by atoms with E-state index in [1.165, 1.54) is 15.7 Å². The third kappa shape index (κ3) is 3.37. The van der Waals surface area contributed by atoms with E-state index in [-0.39, 0.29) is 5.95 Å². The standard InChI is InChI=1S/C11H11Cl2N5O.C6H4/c1-2-18-9(15-10(17-14)16-11(18)19)8-6(12)4-3-5-7(8)13;1-2-6-4-3-5(1)6/h3-5H,2,14H2,1H3,(H,16,17,19);1-4H. The third-order valence-corrected chi connectivity index (χ3v) is 4.38. The molecule has 0 spiro atoms. The number of benzene rings is 2. The minimum atomic E-state index is -0.476. The number of nitrogens with zero attached hydrogens (tertiary/aromatic N) is 3. The van der Waals surface area contributed by atoms with Crippen LogP contribution in [0.5, 0.6) is 0 Å². The quantitative estimate of drug-likeness (QED) is 0.422. The van der Waals surface area contributed by atoms with Crippen molar-refractivity contribution >= 4 is 29.2 Å². The van der Waals surface area contributed by atoms with Crippen LogP contribution in [-0.2, 0) is 6.54 Å². The summed E-state index contributed by atoms with van der Waals surface area (Å²) in [5, 5.41) is 0.798. The molecule has 1 aromatic heterocycles. The normalized spacial score (nSPS) is 10.7. The lowest BCUT2D eigenvalue weighted by molar-refractivity contribution is 0.687. The predicted octanol–water partition coefficient (Wildman–Crippen LogP) is 3.58. The second kappa shape index (κ2) is 7.23. The minimum absolute atomic E-state index is 0.0145. The number of rotatable bonds is 3. The molecule has 6 nitrogen and oxygen atoms in total. The lowest BCUT2D eigenvalue weighted by atomic mass is 9.95. The van der Waals surface area contributed by atoms with Crippen molar-refractivity contribution in [3.8, 4) is 22.5 Å². The molecular weight excluding hydrogens is 361 g/mol. The summed E-state index contributed by atoms with van der Waals surface area (Å²) in [6.07, 6.45) is 0. The first-order valence-electron chi connectivity index (χ1n) is 7.55. The van der Waals surface area contributed by atoms with Gasteiger partial charge in [0.1, 0.15) is 0 Å². The second-order valence-corrected chi connectivity index (χ2v) is 6.03. The zero-order valence-corrected chi connectivity index (χ0v) is 14.8. The highest BCUT2D eigenvalue weighted by Gasteiger charge is 2.16. The van der Waals surface area contributed by atoms with Crippen molar-refractivity contribution in [3.05, 3.63) is 63.0 Å². The molecule has 2 aliphatic carbocycles. The Kier molecular flexibility index (Phi) is 5.03. The summed E-state index contributed by atoms with van der Waals surface area (Å²) >= 11 is 12.3. The highest BCUT2D eigenvalue weighted by atomic mass is 35.5. The van der Waals surface area contributed by atoms with Gasteiger partial charge in [-0.15, -0.1) is 0 Å². The van der Waals surface area contributed by atoms with Gasteiger partial charge in [-0.2, -0.15) is 9.97 Å². The van der Waals surface area contributed by atoms with Crippen LogP contribution < -0.4 is 17.0 Å². The first-order chi connectivity index (χ1) is 12.0. The van der Waals surface area contributed by atoms with Gasteiger partial charge in [0.25, 0.3) is 0 Å². The molecule has 2 aliphatic rings. The number of hydrogen-bond donors (Lipinski definition) is 2. The Morgan fingerprint density at radius 2 is 1.60 bits per heavy atom. The molecular formula is C17H15Cl2N5O. The van der Waals surface area contributed by atoms with Gasteiger partial charge < -0.3 is 0 Å². The Balaban J connectivity index is 0.000000250. The first kappa shape index (κ1) is 17.4. The van der Waals surface area contributed by atoms with E-state index >= 15 is 0 Å². The lowest BCUT2D eigenvalue weighted by Crippen LogP contribution is -2.28. The molecule has 0 saturated carbocycles. The minimum Gasteiger partial charge on any atom is -0.292 e. The average molecular weight is 376 g/mol. The largest absolute Gasteiger partial charge is 0.352 e. The van der Waals surface area contributed by atoms with E-state index in [9.17, 15) is 4.79 Å². The maximum absolute atomic E-state index is 11.9. The number of fused-ring (bicyclic) bond motifs is 1. The van der Waals surface area contributed by atoms with Gasteiger partial charge in [0.05, 0.1) is 15.6 Å². The molecule has 4 rings (SSSR count). The van der Waals surface area contributed by atoms with Crippen molar-refractivity contribution in [3.63, 3.8) is 0 Å². The fraction of sp³-hybridized carbons (Fsp3) is 0.118. The fourth-order valence-electron chi connectivity index (χ4n) is 2.34. The molecule has 128 valence electrons. The molecule has 0 saturated heterocycles. The van der Waals surface area contributed by atoms with Crippen molar-refractivity contribution in [2.75, 3.05) is 5.43 Å². The van der Waals surface area contributed by atoms with E-state index < -0.39 is 5.69 Å². The molecule has 0 fully saturated rings. The molecule has 0 amide bonds. The Morgan fingerprint density at radius 3 is 2.00 bits per heavy atom. The zero-order chi connectivity index (χ0) is 18.0. The van der Waals surface area contributed by atoms with Gasteiger partial charge in [-0.25, -0.2) is 10.6 Å². The van der Waals surface area contributed by atoms with Crippen molar-refractivity contribution in [2.45, 2.75) is 13.5 Å². The Hall–Kier alpha value is -2.41. The van der Waals surface area contributed by atoms with Gasteiger partial charge in [-0.3, -0.25) is 9.99 Å². The van der Waals surface area contributed by atoms with Gasteiger partial charge in [0.2, 0.25) is 5.95 Å². The molecule has 1 heterocycles. The molecule has 3 N–H and O–H groups in total. The Labute approximate surface area is 154 Å². The summed E-state index contributed by atoms with van der Waals surface area (Å²) in [6, 6.07) is 13.5. The van der Waals surface area contributed by atoms with Crippen molar-refractivity contribution in [1.82, 2.24) is 14.5 Å². The summed E-state index contributed by atoms with van der Waals surface area (Å²) < 4.78 is 1.37. The van der Waals surface area contributed by atoms with E-state index in [1.54, 1.807) is 25.1 Å². The van der Waals surface area contributed by atoms with Crippen LogP contribution in [0.4, 0.5) is 5.95 Å². The van der Waals surface area contributed by atoms with Crippen molar-refractivity contribution in [1.29, 1.82) is 0 Å². The monoisotopic (exact) mass is 375 g/mol. The molecule has 0 bridgehead atoms. The highest BCUT2D eigenvalue weighted by molar-refractivity contribution is 6.39. The Morgan fingerprint density at radius 1 is 1.04 bits per heavy atom. The maximum atomic E-state index is 11.9. The van der Waals surface area contributed by atoms with E-state index in [4.69, 9.17) is 29.0 Å². The van der Waals surface area contributed by atoms with Gasteiger partial charge in [-0.1, -0.05) is 53.5 Å². The van der Waals surface area contributed by atoms with Crippen LogP contribution in [0.3, 0.4) is 0 Å². The van der Waals surface area contributed by atoms with Gasteiger partial charge in [0, 0.05) is 6.54 Å². The zero-order valence-electron chi connectivity index (χ0n) is 13.3. The maximum Gasteiger partial charge on any atom is 0.352 e. The number of anilines is 1. The van der Waals surface area contributed by atoms with Gasteiger partial charge in [0.15, 0.2) is 5.82 Å². The number of hydrazine groups is 1. The lowest BCUT2D eigenvalue weighted by Gasteiger charge is -2.12. The number of hydrogen-bond acceptors (Lipinski definition) is 5. The second-order valence-electron chi connectivity index (χ2n) is 5.22. The molecule has 0 aliphatic heterocycles. The van der Waals surface area contributed by atoms with Crippen LogP contribution in [0.15, 0.2) is 47.3 Å². The van der Waals surface area contributed by atoms with Crippen LogP contribution in [0, 0.1) is 0 Å². The highest BCUT2D eigenvalue weighted by Crippen LogP contribution is 2.33. The van der Waals surface area contributed by atoms with Crippen molar-refractivity contribution in [2.24, 2.45) is 5.84 Å². The van der Waals surface area contributed by atoms with Crippen molar-refractivity contribution < 1.29 is 0 Å². The number of nitrogens with two attached hydrogens (primary N) is 1. The summed E-state index contributed by atoms with van der Waals surface area (Å²) in [5.74, 6) is 5.58. The SMILES string of the molecule is CCn1c(-c2c(Cl)cccc2Cl)nc(NN)nc1=O.c1cc2ccc1-2. The molecule has 1 aromatic carbocycles.